The van der Waals surface area contributed by atoms with Gasteiger partial charge in [-0.05, 0) is 55.6 Å². The van der Waals surface area contributed by atoms with Crippen molar-refractivity contribution < 1.29 is 9.18 Å². The molecule has 0 aromatic heterocycles. The molecule has 3 nitrogen and oxygen atoms in total. The van der Waals surface area contributed by atoms with E-state index in [0.717, 1.165) is 44.3 Å². The van der Waals surface area contributed by atoms with E-state index >= 15 is 0 Å². The summed E-state index contributed by atoms with van der Waals surface area (Å²) in [7, 11) is 0. The molecule has 1 saturated heterocycles. The summed E-state index contributed by atoms with van der Waals surface area (Å²) in [5.74, 6) is -0.223. The highest BCUT2D eigenvalue weighted by Crippen LogP contribution is 2.23. The first-order valence-corrected chi connectivity index (χ1v) is 8.99. The van der Waals surface area contributed by atoms with Crippen molar-refractivity contribution in [3.05, 3.63) is 71.5 Å². The van der Waals surface area contributed by atoms with E-state index in [1.54, 1.807) is 12.1 Å². The van der Waals surface area contributed by atoms with Gasteiger partial charge in [-0.2, -0.15) is 0 Å². The maximum absolute atomic E-state index is 13.1. The van der Waals surface area contributed by atoms with Gasteiger partial charge >= 0.3 is 0 Å². The van der Waals surface area contributed by atoms with Gasteiger partial charge in [-0.3, -0.25) is 9.69 Å². The molecule has 0 bridgehead atoms. The van der Waals surface area contributed by atoms with E-state index in [0.29, 0.717) is 5.56 Å². The van der Waals surface area contributed by atoms with Gasteiger partial charge in [0.2, 0.25) is 0 Å². The van der Waals surface area contributed by atoms with Crippen LogP contribution in [0.4, 0.5) is 4.39 Å². The van der Waals surface area contributed by atoms with Gasteiger partial charge < -0.3 is 5.73 Å². The number of hydrogen-bond donors (Lipinski definition) is 1. The minimum Gasteiger partial charge on any atom is -0.324 e. The first-order chi connectivity index (χ1) is 12.1. The summed E-state index contributed by atoms with van der Waals surface area (Å²) in [5, 5.41) is 0. The molecule has 0 spiro atoms. The SMILES string of the molecule is NC(CCN1CCCCC1C(=O)c1ccc(F)cc1)c1ccccc1. The molecule has 0 amide bonds. The van der Waals surface area contributed by atoms with E-state index in [9.17, 15) is 9.18 Å². The molecule has 25 heavy (non-hydrogen) atoms. The third-order valence-corrected chi connectivity index (χ3v) is 5.00. The number of piperidine rings is 1. The lowest BCUT2D eigenvalue weighted by Crippen LogP contribution is -2.45. The van der Waals surface area contributed by atoms with E-state index in [-0.39, 0.29) is 23.7 Å². The molecule has 2 aromatic carbocycles. The molecule has 1 heterocycles. The highest BCUT2D eigenvalue weighted by atomic mass is 19.1. The quantitative estimate of drug-likeness (QED) is 0.810. The monoisotopic (exact) mass is 340 g/mol. The summed E-state index contributed by atoms with van der Waals surface area (Å²) in [5.41, 5.74) is 8.02. The summed E-state index contributed by atoms with van der Waals surface area (Å²) >= 11 is 0. The Balaban J connectivity index is 1.64. The predicted molar refractivity (Wildman–Crippen MR) is 97.9 cm³/mol. The number of halogens is 1. The lowest BCUT2D eigenvalue weighted by atomic mass is 9.93. The molecule has 1 aliphatic heterocycles. The molecule has 0 saturated carbocycles. The van der Waals surface area contributed by atoms with Crippen molar-refractivity contribution in [1.82, 2.24) is 4.90 Å². The zero-order chi connectivity index (χ0) is 17.6. The number of nitrogens with zero attached hydrogens (tertiary/aromatic N) is 1. The lowest BCUT2D eigenvalue weighted by molar-refractivity contribution is 0.0739. The van der Waals surface area contributed by atoms with Gasteiger partial charge in [-0.15, -0.1) is 0 Å². The molecule has 1 fully saturated rings. The lowest BCUT2D eigenvalue weighted by Gasteiger charge is -2.35. The summed E-state index contributed by atoms with van der Waals surface area (Å²) < 4.78 is 13.1. The summed E-state index contributed by atoms with van der Waals surface area (Å²) in [6.07, 6.45) is 3.83. The van der Waals surface area contributed by atoms with Crippen molar-refractivity contribution in [2.24, 2.45) is 5.73 Å². The van der Waals surface area contributed by atoms with E-state index in [1.807, 2.05) is 30.3 Å². The largest absolute Gasteiger partial charge is 0.324 e. The second-order valence-corrected chi connectivity index (χ2v) is 6.72. The minimum absolute atomic E-state index is 0.0234. The molecule has 2 N–H and O–H groups in total. The van der Waals surface area contributed by atoms with Gasteiger partial charge in [0.05, 0.1) is 6.04 Å². The average molecular weight is 340 g/mol. The molecular formula is C21H25FN2O. The first-order valence-electron chi connectivity index (χ1n) is 8.99. The van der Waals surface area contributed by atoms with Gasteiger partial charge in [0, 0.05) is 18.2 Å². The smallest absolute Gasteiger partial charge is 0.179 e. The van der Waals surface area contributed by atoms with Gasteiger partial charge in [0.25, 0.3) is 0 Å². The molecule has 132 valence electrons. The highest BCUT2D eigenvalue weighted by Gasteiger charge is 2.29. The van der Waals surface area contributed by atoms with Crippen LogP contribution in [0, 0.1) is 5.82 Å². The second-order valence-electron chi connectivity index (χ2n) is 6.72. The van der Waals surface area contributed by atoms with Crippen LogP contribution in [0.2, 0.25) is 0 Å². The topological polar surface area (TPSA) is 46.3 Å². The van der Waals surface area contributed by atoms with Gasteiger partial charge in [-0.1, -0.05) is 36.8 Å². The fraction of sp³-hybridized carbons (Fsp3) is 0.381. The zero-order valence-electron chi connectivity index (χ0n) is 14.4. The molecule has 2 unspecified atom stereocenters. The van der Waals surface area contributed by atoms with Crippen LogP contribution in [0.15, 0.2) is 54.6 Å². The second kappa shape index (κ2) is 8.37. The third kappa shape index (κ3) is 4.53. The van der Waals surface area contributed by atoms with Crippen molar-refractivity contribution in [3.63, 3.8) is 0 Å². The third-order valence-electron chi connectivity index (χ3n) is 5.00. The maximum atomic E-state index is 13.1. The number of benzene rings is 2. The van der Waals surface area contributed by atoms with Crippen LogP contribution in [0.5, 0.6) is 0 Å². The summed E-state index contributed by atoms with van der Waals surface area (Å²) in [6, 6.07) is 15.8. The average Bonchev–Trinajstić information content (AvgIpc) is 2.67. The van der Waals surface area contributed by atoms with Crippen LogP contribution in [-0.4, -0.2) is 29.8 Å². The molecule has 0 radical (unpaired) electrons. The van der Waals surface area contributed by atoms with E-state index in [4.69, 9.17) is 5.73 Å². The Hall–Kier alpha value is -2.04. The molecule has 0 aliphatic carbocycles. The van der Waals surface area contributed by atoms with E-state index in [1.165, 1.54) is 12.1 Å². The Morgan fingerprint density at radius 3 is 2.56 bits per heavy atom. The number of likely N-dealkylation sites (tertiary alicyclic amines) is 1. The number of carbonyl (C=O) groups is 1. The van der Waals surface area contributed by atoms with Crippen molar-refractivity contribution in [2.45, 2.75) is 37.8 Å². The van der Waals surface area contributed by atoms with Crippen LogP contribution < -0.4 is 5.73 Å². The Kier molecular flexibility index (Phi) is 5.95. The van der Waals surface area contributed by atoms with Crippen molar-refractivity contribution in [2.75, 3.05) is 13.1 Å². The van der Waals surface area contributed by atoms with Crippen LogP contribution in [0.1, 0.15) is 47.6 Å². The number of ketones is 1. The first kappa shape index (κ1) is 17.8. The standard InChI is InChI=1S/C21H25FN2O/c22-18-11-9-17(10-12-18)21(25)20-8-4-5-14-24(20)15-13-19(23)16-6-2-1-3-7-16/h1-3,6-7,9-12,19-20H,4-5,8,13-15,23H2. The van der Waals surface area contributed by atoms with Gasteiger partial charge in [0.1, 0.15) is 5.82 Å². The highest BCUT2D eigenvalue weighted by molar-refractivity contribution is 6.00. The van der Waals surface area contributed by atoms with Crippen LogP contribution in [0.25, 0.3) is 0 Å². The normalized spacial score (nSPS) is 19.5. The van der Waals surface area contributed by atoms with Crippen LogP contribution in [-0.2, 0) is 0 Å². The molecule has 2 atom stereocenters. The molecule has 3 rings (SSSR count). The van der Waals surface area contributed by atoms with E-state index in [2.05, 4.69) is 4.90 Å². The molecule has 4 heteroatoms. The molecular weight excluding hydrogens is 315 g/mol. The Bertz CT molecular complexity index is 687. The van der Waals surface area contributed by atoms with Crippen molar-refractivity contribution in [3.8, 4) is 0 Å². The predicted octanol–water partition coefficient (Wildman–Crippen LogP) is 3.95. The van der Waals surface area contributed by atoms with Crippen molar-refractivity contribution in [1.29, 1.82) is 0 Å². The number of hydrogen-bond acceptors (Lipinski definition) is 3. The molecule has 1 aliphatic rings. The summed E-state index contributed by atoms with van der Waals surface area (Å²) in [6.45, 7) is 1.72. The Morgan fingerprint density at radius 1 is 1.12 bits per heavy atom. The Morgan fingerprint density at radius 2 is 1.84 bits per heavy atom. The fourth-order valence-corrected chi connectivity index (χ4v) is 3.53. The van der Waals surface area contributed by atoms with E-state index < -0.39 is 0 Å². The number of carbonyl (C=O) groups excluding carboxylic acids is 1. The van der Waals surface area contributed by atoms with Crippen molar-refractivity contribution >= 4 is 5.78 Å². The van der Waals surface area contributed by atoms with Gasteiger partial charge in [0.15, 0.2) is 5.78 Å². The maximum Gasteiger partial charge on any atom is 0.179 e. The summed E-state index contributed by atoms with van der Waals surface area (Å²) in [4.78, 5) is 15.1. The van der Waals surface area contributed by atoms with Crippen LogP contribution in [0.3, 0.4) is 0 Å². The minimum atomic E-state index is -0.314. The molecule has 2 aromatic rings. The van der Waals surface area contributed by atoms with Gasteiger partial charge in [-0.25, -0.2) is 4.39 Å². The number of rotatable bonds is 6. The van der Waals surface area contributed by atoms with Crippen LogP contribution >= 0.6 is 0 Å². The number of nitrogens with two attached hydrogens (primary N) is 1. The number of Topliss-reactive ketones (excluding diaryl/α,β-unsaturated/α-hetero) is 1. The zero-order valence-corrected chi connectivity index (χ0v) is 14.4. The fourth-order valence-electron chi connectivity index (χ4n) is 3.53. The Labute approximate surface area is 148 Å².